The number of anilines is 1. The number of nitrogens with zero attached hydrogens (tertiary/aromatic N) is 1. The lowest BCUT2D eigenvalue weighted by Gasteiger charge is -2.19. The molecule has 0 radical (unpaired) electrons. The van der Waals surface area contributed by atoms with Crippen molar-refractivity contribution in [3.8, 4) is 11.5 Å². The van der Waals surface area contributed by atoms with Crippen molar-refractivity contribution < 1.29 is 22.7 Å². The van der Waals surface area contributed by atoms with E-state index >= 15 is 0 Å². The number of carbonyl (C=O) groups excluding carboxylic acids is 1. The maximum absolute atomic E-state index is 12.7. The molecule has 0 spiro atoms. The van der Waals surface area contributed by atoms with Gasteiger partial charge < -0.3 is 14.8 Å². The summed E-state index contributed by atoms with van der Waals surface area (Å²) in [7, 11) is -0.152. The van der Waals surface area contributed by atoms with E-state index in [4.69, 9.17) is 9.47 Å². The van der Waals surface area contributed by atoms with E-state index in [0.29, 0.717) is 35.7 Å². The van der Waals surface area contributed by atoms with Crippen LogP contribution in [-0.4, -0.2) is 41.3 Å². The van der Waals surface area contributed by atoms with Crippen molar-refractivity contribution in [2.24, 2.45) is 0 Å². The number of amides is 1. The summed E-state index contributed by atoms with van der Waals surface area (Å²) >= 11 is 0. The molecule has 0 saturated heterocycles. The van der Waals surface area contributed by atoms with Gasteiger partial charge in [-0.25, -0.2) is 8.42 Å². The van der Waals surface area contributed by atoms with E-state index in [0.717, 1.165) is 11.1 Å². The fourth-order valence-corrected chi connectivity index (χ4v) is 4.35. The topological polar surface area (TPSA) is 84.9 Å². The number of methoxy groups -OCH3 is 2. The van der Waals surface area contributed by atoms with Crippen molar-refractivity contribution in [3.05, 3.63) is 53.1 Å². The maximum atomic E-state index is 12.7. The third-order valence-electron chi connectivity index (χ3n) is 4.85. The molecule has 8 heteroatoms. The van der Waals surface area contributed by atoms with E-state index in [2.05, 4.69) is 5.32 Å². The van der Waals surface area contributed by atoms with Gasteiger partial charge >= 0.3 is 0 Å². The molecule has 0 fully saturated rings. The number of ether oxygens (including phenoxy) is 2. The van der Waals surface area contributed by atoms with Gasteiger partial charge in [-0.15, -0.1) is 0 Å². The Kier molecular flexibility index (Phi) is 5.51. The molecule has 3 rings (SSSR count). The van der Waals surface area contributed by atoms with Crippen molar-refractivity contribution in [1.82, 2.24) is 5.32 Å². The van der Waals surface area contributed by atoms with Crippen LogP contribution in [0.3, 0.4) is 0 Å². The molecule has 1 atom stereocenters. The largest absolute Gasteiger partial charge is 0.497 e. The van der Waals surface area contributed by atoms with Gasteiger partial charge in [-0.05, 0) is 55.3 Å². The third kappa shape index (κ3) is 3.91. The van der Waals surface area contributed by atoms with E-state index in [1.165, 1.54) is 10.6 Å². The van der Waals surface area contributed by atoms with Crippen molar-refractivity contribution in [1.29, 1.82) is 0 Å². The third-order valence-corrected chi connectivity index (χ3v) is 6.03. The molecule has 0 saturated carbocycles. The SMILES string of the molecule is COc1ccc(OC)c([C@H](C)NC(=O)c2ccc3c(c2)CCN3S(C)(=O)=O)c1. The molecule has 2 aromatic rings. The first-order valence-electron chi connectivity index (χ1n) is 8.88. The van der Waals surface area contributed by atoms with Crippen LogP contribution in [0.4, 0.5) is 5.69 Å². The van der Waals surface area contributed by atoms with E-state index < -0.39 is 10.0 Å². The molecule has 0 aliphatic carbocycles. The Morgan fingerprint density at radius 1 is 1.14 bits per heavy atom. The van der Waals surface area contributed by atoms with Crippen molar-refractivity contribution in [3.63, 3.8) is 0 Å². The van der Waals surface area contributed by atoms with Crippen LogP contribution in [0.5, 0.6) is 11.5 Å². The normalized spacial score (nSPS) is 14.4. The van der Waals surface area contributed by atoms with Gasteiger partial charge in [0.25, 0.3) is 5.91 Å². The summed E-state index contributed by atoms with van der Waals surface area (Å²) in [5, 5.41) is 2.96. The smallest absolute Gasteiger partial charge is 0.251 e. The van der Waals surface area contributed by atoms with Gasteiger partial charge in [0.15, 0.2) is 0 Å². The molecule has 1 aliphatic rings. The summed E-state index contributed by atoms with van der Waals surface area (Å²) in [4.78, 5) is 12.7. The van der Waals surface area contributed by atoms with Crippen LogP contribution in [0.2, 0.25) is 0 Å². The molecule has 7 nitrogen and oxygen atoms in total. The van der Waals surface area contributed by atoms with Crippen molar-refractivity contribution in [2.75, 3.05) is 31.3 Å². The molecule has 0 aromatic heterocycles. The Bertz CT molecular complexity index is 1000. The van der Waals surface area contributed by atoms with E-state index in [-0.39, 0.29) is 11.9 Å². The van der Waals surface area contributed by atoms with Crippen LogP contribution < -0.4 is 19.1 Å². The van der Waals surface area contributed by atoms with Crippen LogP contribution >= 0.6 is 0 Å². The fourth-order valence-electron chi connectivity index (χ4n) is 3.39. The highest BCUT2D eigenvalue weighted by molar-refractivity contribution is 7.92. The second kappa shape index (κ2) is 7.71. The summed E-state index contributed by atoms with van der Waals surface area (Å²) in [6.07, 6.45) is 1.77. The highest BCUT2D eigenvalue weighted by Crippen LogP contribution is 2.32. The van der Waals surface area contributed by atoms with Crippen LogP contribution in [0, 0.1) is 0 Å². The minimum absolute atomic E-state index is 0.238. The lowest BCUT2D eigenvalue weighted by molar-refractivity contribution is 0.0939. The first-order valence-corrected chi connectivity index (χ1v) is 10.7. The second-order valence-corrected chi connectivity index (χ2v) is 8.64. The zero-order chi connectivity index (χ0) is 20.5. The quantitative estimate of drug-likeness (QED) is 0.800. The lowest BCUT2D eigenvalue weighted by Crippen LogP contribution is -2.28. The molecule has 0 bridgehead atoms. The summed E-state index contributed by atoms with van der Waals surface area (Å²) in [6.45, 7) is 2.27. The number of hydrogen-bond acceptors (Lipinski definition) is 5. The van der Waals surface area contributed by atoms with E-state index in [9.17, 15) is 13.2 Å². The number of hydrogen-bond donors (Lipinski definition) is 1. The number of benzene rings is 2. The number of rotatable bonds is 6. The standard InChI is InChI=1S/C20H24N2O5S/c1-13(17-12-16(26-2)6-8-19(17)27-3)21-20(23)15-5-7-18-14(11-15)9-10-22(18)28(4,24)25/h5-8,11-13H,9-10H2,1-4H3,(H,21,23)/t13-/m0/s1. The fraction of sp³-hybridized carbons (Fsp3) is 0.350. The predicted molar refractivity (Wildman–Crippen MR) is 108 cm³/mol. The monoisotopic (exact) mass is 404 g/mol. The molecular weight excluding hydrogens is 380 g/mol. The van der Waals surface area contributed by atoms with Crippen molar-refractivity contribution >= 4 is 21.6 Å². The Labute approximate surface area is 165 Å². The lowest BCUT2D eigenvalue weighted by atomic mass is 10.0. The summed E-state index contributed by atoms with van der Waals surface area (Å²) < 4.78 is 35.7. The number of carbonyl (C=O) groups is 1. The highest BCUT2D eigenvalue weighted by Gasteiger charge is 2.27. The Morgan fingerprint density at radius 2 is 1.89 bits per heavy atom. The van der Waals surface area contributed by atoms with Gasteiger partial charge in [0.05, 0.1) is 32.2 Å². The molecule has 1 N–H and O–H groups in total. The zero-order valence-electron chi connectivity index (χ0n) is 16.4. The van der Waals surface area contributed by atoms with Gasteiger partial charge in [0.1, 0.15) is 11.5 Å². The Balaban J connectivity index is 1.81. The predicted octanol–water partition coefficient (Wildman–Crippen LogP) is 2.52. The van der Waals surface area contributed by atoms with Crippen LogP contribution in [0.1, 0.15) is 34.5 Å². The molecule has 2 aromatic carbocycles. The molecular formula is C20H24N2O5S. The summed E-state index contributed by atoms with van der Waals surface area (Å²) in [5.74, 6) is 1.10. The Morgan fingerprint density at radius 3 is 2.54 bits per heavy atom. The minimum Gasteiger partial charge on any atom is -0.497 e. The van der Waals surface area contributed by atoms with E-state index in [1.807, 2.05) is 13.0 Å². The van der Waals surface area contributed by atoms with Gasteiger partial charge in [-0.3, -0.25) is 9.10 Å². The van der Waals surface area contributed by atoms with Crippen LogP contribution in [0.15, 0.2) is 36.4 Å². The zero-order valence-corrected chi connectivity index (χ0v) is 17.2. The molecule has 1 amide bonds. The molecule has 1 heterocycles. The molecule has 150 valence electrons. The first-order chi connectivity index (χ1) is 13.2. The first kappa shape index (κ1) is 20.0. The number of sulfonamides is 1. The van der Waals surface area contributed by atoms with Gasteiger partial charge in [-0.1, -0.05) is 0 Å². The van der Waals surface area contributed by atoms with Crippen molar-refractivity contribution in [2.45, 2.75) is 19.4 Å². The minimum atomic E-state index is -3.31. The highest BCUT2D eigenvalue weighted by atomic mass is 32.2. The summed E-state index contributed by atoms with van der Waals surface area (Å²) in [5.41, 5.74) is 2.79. The molecule has 1 aliphatic heterocycles. The number of nitrogens with one attached hydrogen (secondary N) is 1. The molecule has 0 unspecified atom stereocenters. The van der Waals surface area contributed by atoms with Gasteiger partial charge in [-0.2, -0.15) is 0 Å². The molecule has 28 heavy (non-hydrogen) atoms. The second-order valence-electron chi connectivity index (χ2n) is 6.73. The van der Waals surface area contributed by atoms with Crippen LogP contribution in [-0.2, 0) is 16.4 Å². The van der Waals surface area contributed by atoms with Gasteiger partial charge in [0.2, 0.25) is 10.0 Å². The van der Waals surface area contributed by atoms with E-state index in [1.54, 1.807) is 44.6 Å². The van der Waals surface area contributed by atoms with Crippen LogP contribution in [0.25, 0.3) is 0 Å². The average Bonchev–Trinajstić information content (AvgIpc) is 3.10. The van der Waals surface area contributed by atoms with Gasteiger partial charge in [0, 0.05) is 17.7 Å². The number of fused-ring (bicyclic) bond motifs is 1. The summed E-state index contributed by atoms with van der Waals surface area (Å²) in [6, 6.07) is 10.2. The maximum Gasteiger partial charge on any atom is 0.251 e. The average molecular weight is 404 g/mol. The Hall–Kier alpha value is -2.74.